The molecule has 1 saturated heterocycles. The van der Waals surface area contributed by atoms with Crippen molar-refractivity contribution >= 4 is 21.6 Å². The van der Waals surface area contributed by atoms with Crippen LogP contribution in [0.4, 0.5) is 0 Å². The SMILES string of the molecule is Cc1ccc(-c2noc(C3CCN(S(=O)(=O)c4ccccc4Cl)CC3)n2)o1. The zero-order valence-corrected chi connectivity index (χ0v) is 16.2. The van der Waals surface area contributed by atoms with Gasteiger partial charge in [-0.05, 0) is 44.0 Å². The van der Waals surface area contributed by atoms with Crippen LogP contribution in [-0.2, 0) is 10.0 Å². The lowest BCUT2D eigenvalue weighted by Crippen LogP contribution is -2.38. The number of aryl methyl sites for hydroxylation is 1. The van der Waals surface area contributed by atoms with Crippen LogP contribution in [0, 0.1) is 6.92 Å². The summed E-state index contributed by atoms with van der Waals surface area (Å²) in [6.45, 7) is 2.59. The molecule has 27 heavy (non-hydrogen) atoms. The molecule has 2 aromatic heterocycles. The molecular weight excluding hydrogens is 390 g/mol. The summed E-state index contributed by atoms with van der Waals surface area (Å²) in [5.74, 6) is 2.26. The van der Waals surface area contributed by atoms with Gasteiger partial charge >= 0.3 is 0 Å². The molecule has 7 nitrogen and oxygen atoms in total. The second-order valence-electron chi connectivity index (χ2n) is 6.48. The Bertz CT molecular complexity index is 1050. The Labute approximate surface area is 162 Å². The average molecular weight is 408 g/mol. The lowest BCUT2D eigenvalue weighted by atomic mass is 9.98. The number of benzene rings is 1. The highest BCUT2D eigenvalue weighted by Crippen LogP contribution is 2.32. The van der Waals surface area contributed by atoms with E-state index in [1.165, 1.54) is 10.4 Å². The lowest BCUT2D eigenvalue weighted by Gasteiger charge is -2.29. The van der Waals surface area contributed by atoms with Gasteiger partial charge in [-0.25, -0.2) is 8.42 Å². The molecular formula is C18H18ClN3O4S. The van der Waals surface area contributed by atoms with Gasteiger partial charge in [-0.1, -0.05) is 28.9 Å². The van der Waals surface area contributed by atoms with Crippen LogP contribution >= 0.6 is 11.6 Å². The zero-order chi connectivity index (χ0) is 19.0. The summed E-state index contributed by atoms with van der Waals surface area (Å²) in [5, 5.41) is 4.20. The summed E-state index contributed by atoms with van der Waals surface area (Å²) in [5.41, 5.74) is 0. The molecule has 0 spiro atoms. The highest BCUT2D eigenvalue weighted by atomic mass is 35.5. The van der Waals surface area contributed by atoms with Crippen molar-refractivity contribution in [1.82, 2.24) is 14.4 Å². The van der Waals surface area contributed by atoms with Crippen LogP contribution in [0.25, 0.3) is 11.6 Å². The van der Waals surface area contributed by atoms with Crippen molar-refractivity contribution in [2.45, 2.75) is 30.6 Å². The van der Waals surface area contributed by atoms with Gasteiger partial charge in [-0.3, -0.25) is 0 Å². The fourth-order valence-corrected chi connectivity index (χ4v) is 5.15. The van der Waals surface area contributed by atoms with Gasteiger partial charge in [0.15, 0.2) is 5.76 Å². The number of aromatic nitrogens is 2. The molecule has 3 heterocycles. The molecule has 0 N–H and O–H groups in total. The van der Waals surface area contributed by atoms with Gasteiger partial charge in [0.1, 0.15) is 10.7 Å². The third kappa shape index (κ3) is 3.52. The van der Waals surface area contributed by atoms with E-state index in [0.717, 1.165) is 5.76 Å². The van der Waals surface area contributed by atoms with E-state index in [-0.39, 0.29) is 15.8 Å². The smallest absolute Gasteiger partial charge is 0.244 e. The van der Waals surface area contributed by atoms with E-state index in [0.29, 0.717) is 43.4 Å². The van der Waals surface area contributed by atoms with Gasteiger partial charge in [-0.2, -0.15) is 9.29 Å². The molecule has 142 valence electrons. The molecule has 3 aromatic rings. The lowest BCUT2D eigenvalue weighted by molar-refractivity contribution is 0.270. The van der Waals surface area contributed by atoms with Crippen LogP contribution in [0.5, 0.6) is 0 Å². The molecule has 9 heteroatoms. The van der Waals surface area contributed by atoms with Gasteiger partial charge in [0.2, 0.25) is 21.7 Å². The molecule has 1 aliphatic heterocycles. The van der Waals surface area contributed by atoms with E-state index in [2.05, 4.69) is 10.1 Å². The maximum atomic E-state index is 12.8. The monoisotopic (exact) mass is 407 g/mol. The number of hydrogen-bond donors (Lipinski definition) is 0. The Morgan fingerprint density at radius 3 is 2.56 bits per heavy atom. The fraction of sp³-hybridized carbons (Fsp3) is 0.333. The van der Waals surface area contributed by atoms with Crippen LogP contribution < -0.4 is 0 Å². The van der Waals surface area contributed by atoms with Crippen molar-refractivity contribution in [2.75, 3.05) is 13.1 Å². The number of sulfonamides is 1. The highest BCUT2D eigenvalue weighted by Gasteiger charge is 2.33. The maximum absolute atomic E-state index is 12.8. The minimum absolute atomic E-state index is 0.0139. The molecule has 0 unspecified atom stereocenters. The predicted molar refractivity (Wildman–Crippen MR) is 98.9 cm³/mol. The number of hydrogen-bond acceptors (Lipinski definition) is 6. The molecule has 0 saturated carbocycles. The van der Waals surface area contributed by atoms with E-state index in [1.54, 1.807) is 24.3 Å². The summed E-state index contributed by atoms with van der Waals surface area (Å²) < 4.78 is 38.0. The molecule has 0 aliphatic carbocycles. The molecule has 1 aliphatic rings. The van der Waals surface area contributed by atoms with E-state index in [1.807, 2.05) is 13.0 Å². The zero-order valence-electron chi connectivity index (χ0n) is 14.6. The minimum Gasteiger partial charge on any atom is -0.458 e. The Balaban J connectivity index is 1.46. The third-order valence-electron chi connectivity index (χ3n) is 4.66. The molecule has 1 aromatic carbocycles. The summed E-state index contributed by atoms with van der Waals surface area (Å²) in [6.07, 6.45) is 1.20. The molecule has 1 fully saturated rings. The molecule has 0 atom stereocenters. The fourth-order valence-electron chi connectivity index (χ4n) is 3.19. The quantitative estimate of drug-likeness (QED) is 0.652. The topological polar surface area (TPSA) is 89.4 Å². The van der Waals surface area contributed by atoms with Gasteiger partial charge in [0.25, 0.3) is 0 Å². The largest absolute Gasteiger partial charge is 0.458 e. The first kappa shape index (κ1) is 18.2. The van der Waals surface area contributed by atoms with Crippen molar-refractivity contribution in [3.63, 3.8) is 0 Å². The number of nitrogens with zero attached hydrogens (tertiary/aromatic N) is 3. The minimum atomic E-state index is -3.61. The number of halogens is 1. The van der Waals surface area contributed by atoms with E-state index in [4.69, 9.17) is 20.5 Å². The average Bonchev–Trinajstić information content (AvgIpc) is 3.31. The van der Waals surface area contributed by atoms with Crippen molar-refractivity contribution in [3.05, 3.63) is 53.1 Å². The van der Waals surface area contributed by atoms with Crippen LogP contribution in [0.1, 0.15) is 30.4 Å². The third-order valence-corrected chi connectivity index (χ3v) is 7.06. The maximum Gasteiger partial charge on any atom is 0.244 e. The Kier molecular flexibility index (Phi) is 4.79. The molecule has 0 amide bonds. The summed E-state index contributed by atoms with van der Waals surface area (Å²) in [4.78, 5) is 4.55. The second kappa shape index (κ2) is 7.10. The van der Waals surface area contributed by atoms with Crippen LogP contribution in [-0.4, -0.2) is 36.0 Å². The van der Waals surface area contributed by atoms with Crippen LogP contribution in [0.2, 0.25) is 5.02 Å². The van der Waals surface area contributed by atoms with Crippen LogP contribution in [0.15, 0.2) is 50.2 Å². The predicted octanol–water partition coefficient (Wildman–Crippen LogP) is 3.86. The first-order valence-electron chi connectivity index (χ1n) is 8.60. The normalized spacial score (nSPS) is 16.7. The van der Waals surface area contributed by atoms with E-state index in [9.17, 15) is 8.42 Å². The van der Waals surface area contributed by atoms with Gasteiger partial charge in [-0.15, -0.1) is 0 Å². The Morgan fingerprint density at radius 1 is 1.15 bits per heavy atom. The molecule has 0 bridgehead atoms. The van der Waals surface area contributed by atoms with Crippen molar-refractivity contribution in [3.8, 4) is 11.6 Å². The highest BCUT2D eigenvalue weighted by molar-refractivity contribution is 7.89. The molecule has 4 rings (SSSR count). The molecule has 0 radical (unpaired) electrons. The van der Waals surface area contributed by atoms with Crippen LogP contribution in [0.3, 0.4) is 0 Å². The van der Waals surface area contributed by atoms with Gasteiger partial charge < -0.3 is 8.94 Å². The number of furan rings is 1. The number of piperidine rings is 1. The van der Waals surface area contributed by atoms with Gasteiger partial charge in [0.05, 0.1) is 5.02 Å². The standard InChI is InChI=1S/C18H18ClN3O4S/c1-12-6-7-15(25-12)17-20-18(26-21-17)13-8-10-22(11-9-13)27(23,24)16-5-3-2-4-14(16)19/h2-7,13H,8-11H2,1H3. The van der Waals surface area contributed by atoms with Crippen molar-refractivity contribution < 1.29 is 17.4 Å². The van der Waals surface area contributed by atoms with E-state index >= 15 is 0 Å². The summed E-state index contributed by atoms with van der Waals surface area (Å²) in [6, 6.07) is 10.1. The first-order chi connectivity index (χ1) is 12.9. The second-order valence-corrected chi connectivity index (χ2v) is 8.79. The summed E-state index contributed by atoms with van der Waals surface area (Å²) in [7, 11) is -3.61. The first-order valence-corrected chi connectivity index (χ1v) is 10.4. The van der Waals surface area contributed by atoms with Crippen molar-refractivity contribution in [2.24, 2.45) is 0 Å². The summed E-state index contributed by atoms with van der Waals surface area (Å²) >= 11 is 6.07. The van der Waals surface area contributed by atoms with Crippen molar-refractivity contribution in [1.29, 1.82) is 0 Å². The van der Waals surface area contributed by atoms with Gasteiger partial charge in [0, 0.05) is 19.0 Å². The van der Waals surface area contributed by atoms with E-state index < -0.39 is 10.0 Å². The Morgan fingerprint density at radius 2 is 1.89 bits per heavy atom. The Hall–Kier alpha value is -2.16. The number of rotatable bonds is 4.